The summed E-state index contributed by atoms with van der Waals surface area (Å²) in [6.45, 7) is 0. The van der Waals surface area contributed by atoms with Crippen LogP contribution in [0.15, 0.2) is 42.6 Å². The number of carbonyl (C=O) groups excluding carboxylic acids is 1. The fourth-order valence-electron chi connectivity index (χ4n) is 1.31. The van der Waals surface area contributed by atoms with Crippen LogP contribution in [-0.2, 0) is 0 Å². The summed E-state index contributed by atoms with van der Waals surface area (Å²) in [4.78, 5) is 15.7. The summed E-state index contributed by atoms with van der Waals surface area (Å²) in [7, 11) is 0. The van der Waals surface area contributed by atoms with Gasteiger partial charge in [-0.05, 0) is 24.3 Å². The van der Waals surface area contributed by atoms with Crippen molar-refractivity contribution in [2.75, 3.05) is 5.32 Å². The molecule has 5 heteroatoms. The Morgan fingerprint density at radius 1 is 1.29 bits per heavy atom. The van der Waals surface area contributed by atoms with Gasteiger partial charge in [0, 0.05) is 23.0 Å². The van der Waals surface area contributed by atoms with Crippen LogP contribution in [0.4, 0.5) is 5.69 Å². The molecule has 0 fully saturated rings. The average molecular weight is 249 g/mol. The Kier molecular flexibility index (Phi) is 3.25. The topological polar surface area (TPSA) is 62.2 Å². The first-order valence-electron chi connectivity index (χ1n) is 4.87. The highest BCUT2D eigenvalue weighted by Crippen LogP contribution is 2.16. The number of phenols is 1. The van der Waals surface area contributed by atoms with E-state index in [1.165, 1.54) is 24.4 Å². The largest absolute Gasteiger partial charge is 0.508 e. The highest BCUT2D eigenvalue weighted by molar-refractivity contribution is 6.30. The lowest BCUT2D eigenvalue weighted by atomic mass is 10.3. The number of carbonyl (C=O) groups is 1. The number of nitrogens with zero attached hydrogens (tertiary/aromatic N) is 1. The molecule has 0 radical (unpaired) electrons. The van der Waals surface area contributed by atoms with E-state index in [9.17, 15) is 9.90 Å². The number of anilines is 1. The van der Waals surface area contributed by atoms with Crippen LogP contribution in [0.3, 0.4) is 0 Å². The first-order chi connectivity index (χ1) is 8.15. The second-order valence-corrected chi connectivity index (χ2v) is 3.80. The third-order valence-electron chi connectivity index (χ3n) is 2.06. The molecule has 0 aliphatic rings. The molecule has 0 unspecified atom stereocenters. The highest BCUT2D eigenvalue weighted by Gasteiger charge is 2.08. The summed E-state index contributed by atoms with van der Waals surface area (Å²) >= 11 is 5.76. The maximum Gasteiger partial charge on any atom is 0.274 e. The van der Waals surface area contributed by atoms with E-state index < -0.39 is 0 Å². The van der Waals surface area contributed by atoms with Gasteiger partial charge in [-0.15, -0.1) is 0 Å². The number of pyridine rings is 1. The molecule has 0 aliphatic heterocycles. The molecule has 17 heavy (non-hydrogen) atoms. The van der Waals surface area contributed by atoms with E-state index >= 15 is 0 Å². The van der Waals surface area contributed by atoms with Gasteiger partial charge in [0.2, 0.25) is 0 Å². The molecule has 1 aromatic carbocycles. The summed E-state index contributed by atoms with van der Waals surface area (Å²) in [6, 6.07) is 9.33. The van der Waals surface area contributed by atoms with Crippen molar-refractivity contribution in [1.82, 2.24) is 4.98 Å². The Hall–Kier alpha value is -2.07. The molecule has 0 saturated heterocycles. The molecule has 0 atom stereocenters. The molecule has 0 spiro atoms. The van der Waals surface area contributed by atoms with Crippen LogP contribution in [0, 0.1) is 0 Å². The number of phenolic OH excluding ortho intramolecular Hbond substituents is 1. The van der Waals surface area contributed by atoms with E-state index in [1.54, 1.807) is 18.2 Å². The number of amides is 1. The van der Waals surface area contributed by atoms with Crippen molar-refractivity contribution in [3.63, 3.8) is 0 Å². The van der Waals surface area contributed by atoms with Gasteiger partial charge in [0.25, 0.3) is 5.91 Å². The number of hydrogen-bond acceptors (Lipinski definition) is 3. The van der Waals surface area contributed by atoms with E-state index in [0.29, 0.717) is 10.7 Å². The minimum atomic E-state index is -0.377. The van der Waals surface area contributed by atoms with Crippen molar-refractivity contribution in [3.05, 3.63) is 53.3 Å². The first kappa shape index (κ1) is 11.4. The summed E-state index contributed by atoms with van der Waals surface area (Å²) in [5.74, 6) is -0.292. The first-order valence-corrected chi connectivity index (χ1v) is 5.25. The Labute approximate surface area is 103 Å². The minimum Gasteiger partial charge on any atom is -0.508 e. The second kappa shape index (κ2) is 4.84. The maximum absolute atomic E-state index is 11.8. The zero-order valence-electron chi connectivity index (χ0n) is 8.72. The van der Waals surface area contributed by atoms with Gasteiger partial charge < -0.3 is 10.4 Å². The van der Waals surface area contributed by atoms with Crippen LogP contribution in [0.5, 0.6) is 5.75 Å². The molecule has 0 aliphatic carbocycles. The number of nitrogens with one attached hydrogen (secondary N) is 1. The zero-order chi connectivity index (χ0) is 12.3. The molecule has 0 bridgehead atoms. The zero-order valence-corrected chi connectivity index (χ0v) is 9.48. The smallest absolute Gasteiger partial charge is 0.274 e. The van der Waals surface area contributed by atoms with E-state index in [1.807, 2.05) is 0 Å². The summed E-state index contributed by atoms with van der Waals surface area (Å²) < 4.78 is 0. The van der Waals surface area contributed by atoms with Gasteiger partial charge in [-0.2, -0.15) is 0 Å². The molecule has 0 saturated carbocycles. The molecule has 2 rings (SSSR count). The molecular weight excluding hydrogens is 240 g/mol. The van der Waals surface area contributed by atoms with Gasteiger partial charge in [0.15, 0.2) is 0 Å². The number of aromatic hydroxyl groups is 1. The predicted octanol–water partition coefficient (Wildman–Crippen LogP) is 2.69. The van der Waals surface area contributed by atoms with Crippen LogP contribution < -0.4 is 5.32 Å². The highest BCUT2D eigenvalue weighted by atomic mass is 35.5. The lowest BCUT2D eigenvalue weighted by Crippen LogP contribution is -2.13. The van der Waals surface area contributed by atoms with Crippen molar-refractivity contribution in [1.29, 1.82) is 0 Å². The Morgan fingerprint density at radius 3 is 2.82 bits per heavy atom. The average Bonchev–Trinajstić information content (AvgIpc) is 2.29. The van der Waals surface area contributed by atoms with Gasteiger partial charge in [0.1, 0.15) is 11.4 Å². The standard InChI is InChI=1S/C12H9ClN2O2/c13-8-4-5-14-11(6-8)12(17)15-9-2-1-3-10(16)7-9/h1-7,16H,(H,15,17). The van der Waals surface area contributed by atoms with E-state index in [4.69, 9.17) is 11.6 Å². The lowest BCUT2D eigenvalue weighted by molar-refractivity contribution is 0.102. The van der Waals surface area contributed by atoms with Crippen LogP contribution in [0.1, 0.15) is 10.5 Å². The van der Waals surface area contributed by atoms with E-state index in [2.05, 4.69) is 10.3 Å². The molecule has 1 heterocycles. The number of aromatic nitrogens is 1. The minimum absolute atomic E-state index is 0.0850. The maximum atomic E-state index is 11.8. The summed E-state index contributed by atoms with van der Waals surface area (Å²) in [5, 5.41) is 12.3. The Balaban J connectivity index is 2.17. The van der Waals surface area contributed by atoms with Crippen LogP contribution in [-0.4, -0.2) is 16.0 Å². The molecular formula is C12H9ClN2O2. The number of halogens is 1. The number of rotatable bonds is 2. The SMILES string of the molecule is O=C(Nc1cccc(O)c1)c1cc(Cl)ccn1. The summed E-state index contributed by atoms with van der Waals surface area (Å²) in [6.07, 6.45) is 1.46. The molecule has 1 amide bonds. The van der Waals surface area contributed by atoms with Gasteiger partial charge >= 0.3 is 0 Å². The fourth-order valence-corrected chi connectivity index (χ4v) is 1.47. The van der Waals surface area contributed by atoms with Gasteiger partial charge in [-0.1, -0.05) is 17.7 Å². The number of benzene rings is 1. The van der Waals surface area contributed by atoms with Crippen LogP contribution in [0.25, 0.3) is 0 Å². The van der Waals surface area contributed by atoms with Gasteiger partial charge in [0.05, 0.1) is 0 Å². The third kappa shape index (κ3) is 2.95. The lowest BCUT2D eigenvalue weighted by Gasteiger charge is -2.04. The number of hydrogen-bond donors (Lipinski definition) is 2. The quantitative estimate of drug-likeness (QED) is 0.859. The normalized spacial score (nSPS) is 9.94. The monoisotopic (exact) mass is 248 g/mol. The van der Waals surface area contributed by atoms with Gasteiger partial charge in [-0.25, -0.2) is 0 Å². The van der Waals surface area contributed by atoms with Crippen molar-refractivity contribution in [3.8, 4) is 5.75 Å². The van der Waals surface area contributed by atoms with E-state index in [-0.39, 0.29) is 17.4 Å². The molecule has 4 nitrogen and oxygen atoms in total. The Bertz CT molecular complexity index is 558. The molecule has 1 aromatic heterocycles. The third-order valence-corrected chi connectivity index (χ3v) is 2.29. The molecule has 2 N–H and O–H groups in total. The Morgan fingerprint density at radius 2 is 2.12 bits per heavy atom. The van der Waals surface area contributed by atoms with Crippen molar-refractivity contribution in [2.45, 2.75) is 0 Å². The predicted molar refractivity (Wildman–Crippen MR) is 65.3 cm³/mol. The second-order valence-electron chi connectivity index (χ2n) is 3.36. The van der Waals surface area contributed by atoms with Crippen molar-refractivity contribution < 1.29 is 9.90 Å². The van der Waals surface area contributed by atoms with E-state index in [0.717, 1.165) is 0 Å². The molecule has 2 aromatic rings. The van der Waals surface area contributed by atoms with Crippen LogP contribution in [0.2, 0.25) is 5.02 Å². The van der Waals surface area contributed by atoms with Crippen molar-refractivity contribution >= 4 is 23.2 Å². The molecule has 86 valence electrons. The van der Waals surface area contributed by atoms with Crippen molar-refractivity contribution in [2.24, 2.45) is 0 Å². The van der Waals surface area contributed by atoms with Gasteiger partial charge in [-0.3, -0.25) is 9.78 Å². The fraction of sp³-hybridized carbons (Fsp3) is 0. The summed E-state index contributed by atoms with van der Waals surface area (Å²) in [5.41, 5.74) is 0.720. The van der Waals surface area contributed by atoms with Crippen LogP contribution >= 0.6 is 11.6 Å².